The third-order valence-corrected chi connectivity index (χ3v) is 8.42. The van der Waals surface area contributed by atoms with Gasteiger partial charge in [0.15, 0.2) is 11.6 Å². The van der Waals surface area contributed by atoms with Crippen LogP contribution < -0.4 is 0 Å². The molecule has 0 N–H and O–H groups in total. The van der Waals surface area contributed by atoms with Crippen LogP contribution in [0.5, 0.6) is 0 Å². The fraction of sp³-hybridized carbons (Fsp3) is 0. The summed E-state index contributed by atoms with van der Waals surface area (Å²) in [5.41, 5.74) is 8.35. The van der Waals surface area contributed by atoms with Crippen molar-refractivity contribution >= 4 is 65.3 Å². The second-order valence-electron chi connectivity index (χ2n) is 10.00. The molecule has 192 valence electrons. The maximum Gasteiger partial charge on any atom is 0.238 e. The van der Waals surface area contributed by atoms with Crippen LogP contribution in [0.4, 0.5) is 0 Å². The summed E-state index contributed by atoms with van der Waals surface area (Å²) in [4.78, 5) is 19.6. The van der Waals surface area contributed by atoms with Crippen LogP contribution >= 0.6 is 11.3 Å². The number of rotatable bonds is 3. The van der Waals surface area contributed by atoms with Gasteiger partial charge >= 0.3 is 0 Å². The molecule has 4 heterocycles. The van der Waals surface area contributed by atoms with Crippen molar-refractivity contribution in [1.29, 1.82) is 0 Å². The van der Waals surface area contributed by atoms with Gasteiger partial charge in [-0.25, -0.2) is 9.97 Å². The van der Waals surface area contributed by atoms with Gasteiger partial charge in [-0.1, -0.05) is 60.7 Å². The zero-order chi connectivity index (χ0) is 26.9. The molecular weight excluding hydrogens is 526 g/mol. The highest BCUT2D eigenvalue weighted by atomic mass is 32.1. The Hall–Kier alpha value is -5.40. The third kappa shape index (κ3) is 3.43. The van der Waals surface area contributed by atoms with E-state index in [0.717, 1.165) is 65.1 Å². The first-order chi connectivity index (χ1) is 20.3. The van der Waals surface area contributed by atoms with Crippen LogP contribution in [0.15, 0.2) is 119 Å². The molecule has 7 heteroatoms. The van der Waals surface area contributed by atoms with E-state index in [1.807, 2.05) is 54.0 Å². The number of furan rings is 1. The number of para-hydroxylation sites is 3. The molecule has 9 rings (SSSR count). The van der Waals surface area contributed by atoms with Gasteiger partial charge in [-0.3, -0.25) is 4.57 Å². The number of hydrogen-bond acceptors (Lipinski definition) is 6. The lowest BCUT2D eigenvalue weighted by Gasteiger charge is -2.11. The van der Waals surface area contributed by atoms with Gasteiger partial charge in [0.1, 0.15) is 11.2 Å². The molecule has 0 unspecified atom stereocenters. The molecule has 0 aliphatic heterocycles. The number of benzene rings is 5. The molecule has 0 atom stereocenters. The molecule has 41 heavy (non-hydrogen) atoms. The minimum atomic E-state index is 0.566. The first-order valence-corrected chi connectivity index (χ1v) is 14.2. The molecule has 5 aromatic carbocycles. The minimum Gasteiger partial charge on any atom is -0.456 e. The lowest BCUT2D eigenvalue weighted by molar-refractivity contribution is 0.669. The van der Waals surface area contributed by atoms with Crippen molar-refractivity contribution in [3.63, 3.8) is 0 Å². The van der Waals surface area contributed by atoms with Crippen molar-refractivity contribution in [3.05, 3.63) is 115 Å². The predicted octanol–water partition coefficient (Wildman–Crippen LogP) is 8.81. The first-order valence-electron chi connectivity index (χ1n) is 13.3. The van der Waals surface area contributed by atoms with Crippen LogP contribution in [-0.4, -0.2) is 24.5 Å². The molecule has 0 spiro atoms. The minimum absolute atomic E-state index is 0.566. The molecule has 0 aliphatic rings. The molecule has 4 aromatic heterocycles. The molecule has 0 amide bonds. The number of fused-ring (bicyclic) bond motifs is 7. The number of hydrogen-bond donors (Lipinski definition) is 0. The Morgan fingerprint density at radius 1 is 0.561 bits per heavy atom. The largest absolute Gasteiger partial charge is 0.456 e. The van der Waals surface area contributed by atoms with Gasteiger partial charge < -0.3 is 4.42 Å². The molecule has 0 radical (unpaired) electrons. The SMILES string of the molecule is c1ccc2c(c1)oc1cc(-c3nc(-c4ccc5ncsc5c4)nc(-n4c5ccccc5c5ccccc54)n3)ccc12. The van der Waals surface area contributed by atoms with Gasteiger partial charge in [-0.2, -0.15) is 9.97 Å². The van der Waals surface area contributed by atoms with E-state index in [9.17, 15) is 0 Å². The summed E-state index contributed by atoms with van der Waals surface area (Å²) in [6.07, 6.45) is 0. The van der Waals surface area contributed by atoms with Crippen molar-refractivity contribution in [2.75, 3.05) is 0 Å². The molecule has 9 aromatic rings. The van der Waals surface area contributed by atoms with Crippen LogP contribution in [0.2, 0.25) is 0 Å². The van der Waals surface area contributed by atoms with Crippen molar-refractivity contribution in [1.82, 2.24) is 24.5 Å². The highest BCUT2D eigenvalue weighted by Gasteiger charge is 2.18. The van der Waals surface area contributed by atoms with Crippen molar-refractivity contribution in [3.8, 4) is 28.7 Å². The molecule has 0 aliphatic carbocycles. The van der Waals surface area contributed by atoms with E-state index >= 15 is 0 Å². The fourth-order valence-electron chi connectivity index (χ4n) is 5.72. The van der Waals surface area contributed by atoms with E-state index in [0.29, 0.717) is 17.6 Å². The average Bonchev–Trinajstić information content (AvgIpc) is 3.74. The first kappa shape index (κ1) is 22.4. The van der Waals surface area contributed by atoms with Crippen molar-refractivity contribution < 1.29 is 4.42 Å². The smallest absolute Gasteiger partial charge is 0.238 e. The van der Waals surface area contributed by atoms with E-state index in [2.05, 4.69) is 70.2 Å². The van der Waals surface area contributed by atoms with E-state index in [-0.39, 0.29) is 0 Å². The topological polar surface area (TPSA) is 69.6 Å². The summed E-state index contributed by atoms with van der Waals surface area (Å²) < 4.78 is 9.42. The van der Waals surface area contributed by atoms with Crippen molar-refractivity contribution in [2.45, 2.75) is 0 Å². The zero-order valence-electron chi connectivity index (χ0n) is 21.5. The Morgan fingerprint density at radius 3 is 1.98 bits per heavy atom. The lowest BCUT2D eigenvalue weighted by atomic mass is 10.1. The average molecular weight is 546 g/mol. The van der Waals surface area contributed by atoms with Gasteiger partial charge in [0, 0.05) is 32.7 Å². The second-order valence-corrected chi connectivity index (χ2v) is 10.9. The maximum atomic E-state index is 6.20. The van der Waals surface area contributed by atoms with E-state index in [1.165, 1.54) is 0 Å². The molecule has 0 bridgehead atoms. The van der Waals surface area contributed by atoms with E-state index in [1.54, 1.807) is 11.3 Å². The predicted molar refractivity (Wildman–Crippen MR) is 165 cm³/mol. The number of nitrogens with zero attached hydrogens (tertiary/aromatic N) is 5. The lowest BCUT2D eigenvalue weighted by Crippen LogP contribution is -2.06. The Balaban J connectivity index is 1.33. The molecule has 0 fully saturated rings. The summed E-state index contributed by atoms with van der Waals surface area (Å²) in [7, 11) is 0. The highest BCUT2D eigenvalue weighted by molar-refractivity contribution is 7.16. The summed E-state index contributed by atoms with van der Waals surface area (Å²) in [5, 5.41) is 4.47. The van der Waals surface area contributed by atoms with Crippen LogP contribution in [0, 0.1) is 0 Å². The number of thiazole rings is 1. The Labute approximate surface area is 237 Å². The summed E-state index contributed by atoms with van der Waals surface area (Å²) in [5.74, 6) is 1.75. The summed E-state index contributed by atoms with van der Waals surface area (Å²) >= 11 is 1.61. The molecule has 0 saturated heterocycles. The van der Waals surface area contributed by atoms with Gasteiger partial charge in [-0.15, -0.1) is 11.3 Å². The van der Waals surface area contributed by atoms with Crippen LogP contribution in [0.25, 0.3) is 82.7 Å². The Morgan fingerprint density at radius 2 is 1.20 bits per heavy atom. The Bertz CT molecular complexity index is 2400. The van der Waals surface area contributed by atoms with Crippen LogP contribution in [0.1, 0.15) is 0 Å². The third-order valence-electron chi connectivity index (χ3n) is 7.63. The van der Waals surface area contributed by atoms with E-state index < -0.39 is 0 Å². The Kier molecular flexibility index (Phi) is 4.67. The van der Waals surface area contributed by atoms with Crippen LogP contribution in [0.3, 0.4) is 0 Å². The fourth-order valence-corrected chi connectivity index (χ4v) is 6.44. The normalized spacial score (nSPS) is 11.9. The van der Waals surface area contributed by atoms with Gasteiger partial charge in [-0.05, 0) is 48.5 Å². The van der Waals surface area contributed by atoms with Gasteiger partial charge in [0.25, 0.3) is 0 Å². The zero-order valence-corrected chi connectivity index (χ0v) is 22.3. The molecule has 0 saturated carbocycles. The number of aromatic nitrogens is 5. The standard InChI is InChI=1S/C34H19N5OS/c1-4-10-27-22(7-1)23-8-2-5-11-28(23)39(27)34-37-32(36-33(38-34)21-14-16-26-31(18-21)41-19-35-26)20-13-15-25-24-9-3-6-12-29(24)40-30(25)17-20/h1-19H. The summed E-state index contributed by atoms with van der Waals surface area (Å²) in [6, 6.07) is 37.2. The summed E-state index contributed by atoms with van der Waals surface area (Å²) in [6.45, 7) is 0. The molecule has 6 nitrogen and oxygen atoms in total. The van der Waals surface area contributed by atoms with E-state index in [4.69, 9.17) is 19.4 Å². The maximum absolute atomic E-state index is 6.20. The highest BCUT2D eigenvalue weighted by Crippen LogP contribution is 2.34. The van der Waals surface area contributed by atoms with Gasteiger partial charge in [0.05, 0.1) is 26.8 Å². The van der Waals surface area contributed by atoms with Crippen molar-refractivity contribution in [2.24, 2.45) is 0 Å². The monoisotopic (exact) mass is 545 g/mol. The molecular formula is C34H19N5OS. The van der Waals surface area contributed by atoms with Gasteiger partial charge in [0.2, 0.25) is 5.95 Å². The quantitative estimate of drug-likeness (QED) is 0.222. The van der Waals surface area contributed by atoms with Crippen LogP contribution in [-0.2, 0) is 0 Å². The second kappa shape index (κ2) is 8.55.